The highest BCUT2D eigenvalue weighted by molar-refractivity contribution is 6.31. The molecular weight excluding hydrogens is 397 g/mol. The molecule has 0 radical (unpaired) electrons. The molecule has 0 fully saturated rings. The number of aromatic hydroxyl groups is 1. The number of hydrogen-bond donors (Lipinski definition) is 3. The molecule has 0 aliphatic heterocycles. The number of amides is 1. The molecule has 1 aromatic heterocycles. The highest BCUT2D eigenvalue weighted by Gasteiger charge is 2.12. The first-order valence-electron chi connectivity index (χ1n) is 8.65. The Balaban J connectivity index is 1.90. The fourth-order valence-electron chi connectivity index (χ4n) is 2.55. The van der Waals surface area contributed by atoms with E-state index in [-0.39, 0.29) is 22.4 Å². The predicted octanol–water partition coefficient (Wildman–Crippen LogP) is 3.93. The topological polar surface area (TPSA) is 90.4 Å². The lowest BCUT2D eigenvalue weighted by atomic mass is 10.2. The van der Waals surface area contributed by atoms with Crippen LogP contribution in [-0.2, 0) is 4.79 Å². The van der Waals surface area contributed by atoms with Crippen molar-refractivity contribution in [1.29, 1.82) is 0 Å². The highest BCUT2D eigenvalue weighted by atomic mass is 35.5. The average molecular weight is 416 g/mol. The number of nitrogens with zero attached hydrogens (tertiary/aromatic N) is 3. The zero-order valence-electron chi connectivity index (χ0n) is 15.8. The molecular formula is C20H19ClFN5O2. The Morgan fingerprint density at radius 2 is 2.07 bits per heavy atom. The van der Waals surface area contributed by atoms with E-state index in [9.17, 15) is 14.3 Å². The molecule has 0 unspecified atom stereocenters. The Hall–Kier alpha value is -3.23. The number of fused-ring (bicyclic) bond motifs is 1. The summed E-state index contributed by atoms with van der Waals surface area (Å²) in [7, 11) is 3.78. The van der Waals surface area contributed by atoms with Crippen molar-refractivity contribution in [3.05, 3.63) is 59.7 Å². The van der Waals surface area contributed by atoms with Crippen LogP contribution in [0.5, 0.6) is 5.75 Å². The highest BCUT2D eigenvalue weighted by Crippen LogP contribution is 2.32. The van der Waals surface area contributed by atoms with Gasteiger partial charge in [0.05, 0.1) is 16.2 Å². The van der Waals surface area contributed by atoms with Crippen LogP contribution in [0.25, 0.3) is 10.9 Å². The minimum absolute atomic E-state index is 0.0246. The molecule has 0 aliphatic rings. The summed E-state index contributed by atoms with van der Waals surface area (Å²) in [5.74, 6) is -0.613. The second-order valence-electron chi connectivity index (χ2n) is 6.52. The van der Waals surface area contributed by atoms with Gasteiger partial charge >= 0.3 is 0 Å². The average Bonchev–Trinajstić information content (AvgIpc) is 2.65. The zero-order valence-corrected chi connectivity index (χ0v) is 16.5. The van der Waals surface area contributed by atoms with Crippen molar-refractivity contribution in [2.45, 2.75) is 0 Å². The molecule has 3 aromatic rings. The molecule has 0 saturated heterocycles. The first-order chi connectivity index (χ1) is 13.8. The molecule has 3 rings (SSSR count). The SMILES string of the molecule is CN(C)C/C=C/C(=O)Nc1cc2c(Nc3ccc(F)c(Cl)c3)ncnc2cc1O. The minimum Gasteiger partial charge on any atom is -0.506 e. The first-order valence-corrected chi connectivity index (χ1v) is 9.03. The smallest absolute Gasteiger partial charge is 0.248 e. The van der Waals surface area contributed by atoms with E-state index in [1.165, 1.54) is 36.7 Å². The number of hydrogen-bond acceptors (Lipinski definition) is 6. The molecule has 3 N–H and O–H groups in total. The summed E-state index contributed by atoms with van der Waals surface area (Å²) in [6.45, 7) is 0.610. The number of anilines is 3. The molecule has 0 bridgehead atoms. The van der Waals surface area contributed by atoms with Crippen molar-refractivity contribution in [3.8, 4) is 5.75 Å². The second-order valence-corrected chi connectivity index (χ2v) is 6.92. The first kappa shape index (κ1) is 20.5. The summed E-state index contributed by atoms with van der Waals surface area (Å²) >= 11 is 5.82. The van der Waals surface area contributed by atoms with E-state index < -0.39 is 5.82 Å². The normalized spacial score (nSPS) is 11.3. The summed E-state index contributed by atoms with van der Waals surface area (Å²) in [5.41, 5.74) is 1.21. The van der Waals surface area contributed by atoms with Crippen LogP contribution >= 0.6 is 11.6 Å². The van der Waals surface area contributed by atoms with Gasteiger partial charge in [-0.15, -0.1) is 0 Å². The number of phenols is 1. The quantitative estimate of drug-likeness (QED) is 0.417. The van der Waals surface area contributed by atoms with Gasteiger partial charge in [-0.3, -0.25) is 4.79 Å². The molecule has 9 heteroatoms. The maximum absolute atomic E-state index is 13.4. The van der Waals surface area contributed by atoms with Crippen LogP contribution in [0.15, 0.2) is 48.8 Å². The van der Waals surface area contributed by atoms with Gasteiger partial charge in [0.25, 0.3) is 0 Å². The molecule has 29 heavy (non-hydrogen) atoms. The van der Waals surface area contributed by atoms with Crippen LogP contribution in [-0.4, -0.2) is 46.5 Å². The monoisotopic (exact) mass is 415 g/mol. The van der Waals surface area contributed by atoms with Crippen molar-refractivity contribution in [1.82, 2.24) is 14.9 Å². The fourth-order valence-corrected chi connectivity index (χ4v) is 2.73. The third kappa shape index (κ3) is 5.18. The standard InChI is InChI=1S/C20H19ClFN5O2/c1-27(2)7-3-4-19(29)26-17-9-13-16(10-18(17)28)23-11-24-20(13)25-12-5-6-15(22)14(21)8-12/h3-6,8-11,28H,7H2,1-2H3,(H,26,29)(H,23,24,25)/b4-3+. The number of carbonyl (C=O) groups excluding carboxylic acids is 1. The fraction of sp³-hybridized carbons (Fsp3) is 0.150. The molecule has 150 valence electrons. The number of benzene rings is 2. The van der Waals surface area contributed by atoms with Crippen LogP contribution in [0.1, 0.15) is 0 Å². The Labute approximate surface area is 171 Å². The minimum atomic E-state index is -0.526. The number of carbonyl (C=O) groups is 1. The van der Waals surface area contributed by atoms with Gasteiger partial charge < -0.3 is 20.6 Å². The van der Waals surface area contributed by atoms with Gasteiger partial charge in [-0.2, -0.15) is 0 Å². The van der Waals surface area contributed by atoms with Crippen molar-refractivity contribution >= 4 is 45.6 Å². The van der Waals surface area contributed by atoms with Crippen LogP contribution in [0, 0.1) is 5.82 Å². The van der Waals surface area contributed by atoms with E-state index in [2.05, 4.69) is 20.6 Å². The molecule has 0 aliphatic carbocycles. The van der Waals surface area contributed by atoms with Gasteiger partial charge in [0.15, 0.2) is 0 Å². The summed E-state index contributed by atoms with van der Waals surface area (Å²) in [4.78, 5) is 22.4. The van der Waals surface area contributed by atoms with Crippen molar-refractivity contribution in [2.24, 2.45) is 0 Å². The summed E-state index contributed by atoms with van der Waals surface area (Å²) in [5, 5.41) is 16.4. The van der Waals surface area contributed by atoms with Gasteiger partial charge in [0, 0.05) is 29.8 Å². The van der Waals surface area contributed by atoms with Gasteiger partial charge in [0.1, 0.15) is 23.7 Å². The predicted molar refractivity (Wildman–Crippen MR) is 112 cm³/mol. The van der Waals surface area contributed by atoms with Crippen molar-refractivity contribution < 1.29 is 14.3 Å². The largest absolute Gasteiger partial charge is 0.506 e. The third-order valence-electron chi connectivity index (χ3n) is 3.93. The number of phenolic OH excluding ortho intramolecular Hbond substituents is 1. The van der Waals surface area contributed by atoms with E-state index in [1.54, 1.807) is 12.1 Å². The molecule has 1 amide bonds. The molecule has 0 spiro atoms. The van der Waals surface area contributed by atoms with Gasteiger partial charge in [-0.25, -0.2) is 14.4 Å². The van der Waals surface area contributed by atoms with Gasteiger partial charge in [-0.05, 0) is 38.4 Å². The van der Waals surface area contributed by atoms with E-state index in [0.717, 1.165) is 0 Å². The van der Waals surface area contributed by atoms with Crippen LogP contribution < -0.4 is 10.6 Å². The second kappa shape index (κ2) is 8.85. The van der Waals surface area contributed by atoms with Crippen molar-refractivity contribution in [2.75, 3.05) is 31.3 Å². The molecule has 1 heterocycles. The maximum atomic E-state index is 13.4. The number of halogens is 2. The zero-order chi connectivity index (χ0) is 21.0. The molecule has 0 atom stereocenters. The lowest BCUT2D eigenvalue weighted by Gasteiger charge is -2.12. The van der Waals surface area contributed by atoms with E-state index in [1.807, 2.05) is 19.0 Å². The summed E-state index contributed by atoms with van der Waals surface area (Å²) in [6.07, 6.45) is 4.43. The van der Waals surface area contributed by atoms with E-state index in [0.29, 0.717) is 29.0 Å². The molecule has 2 aromatic carbocycles. The van der Waals surface area contributed by atoms with E-state index in [4.69, 9.17) is 11.6 Å². The maximum Gasteiger partial charge on any atom is 0.248 e. The Kier molecular flexibility index (Phi) is 6.26. The Morgan fingerprint density at radius 3 is 2.79 bits per heavy atom. The van der Waals surface area contributed by atoms with Crippen LogP contribution in [0.2, 0.25) is 5.02 Å². The molecule has 0 saturated carbocycles. The Morgan fingerprint density at radius 1 is 1.28 bits per heavy atom. The summed E-state index contributed by atoms with van der Waals surface area (Å²) in [6, 6.07) is 7.19. The Bertz CT molecular complexity index is 1090. The van der Waals surface area contributed by atoms with Crippen LogP contribution in [0.4, 0.5) is 21.6 Å². The van der Waals surface area contributed by atoms with Crippen LogP contribution in [0.3, 0.4) is 0 Å². The lowest BCUT2D eigenvalue weighted by Crippen LogP contribution is -2.13. The van der Waals surface area contributed by atoms with E-state index >= 15 is 0 Å². The summed E-state index contributed by atoms with van der Waals surface area (Å²) < 4.78 is 13.4. The third-order valence-corrected chi connectivity index (χ3v) is 4.22. The van der Waals surface area contributed by atoms with Crippen molar-refractivity contribution in [3.63, 3.8) is 0 Å². The number of aromatic nitrogens is 2. The van der Waals surface area contributed by atoms with Gasteiger partial charge in [0.2, 0.25) is 5.91 Å². The molecule has 7 nitrogen and oxygen atoms in total. The van der Waals surface area contributed by atoms with Gasteiger partial charge in [-0.1, -0.05) is 17.7 Å². The number of likely N-dealkylation sites (N-methyl/N-ethyl adjacent to an activating group) is 1. The lowest BCUT2D eigenvalue weighted by molar-refractivity contribution is -0.111. The number of nitrogens with one attached hydrogen (secondary N) is 2. The number of rotatable bonds is 6.